The highest BCUT2D eigenvalue weighted by molar-refractivity contribution is 7.99. The summed E-state index contributed by atoms with van der Waals surface area (Å²) in [7, 11) is 0. The molecule has 0 spiro atoms. The van der Waals surface area contributed by atoms with E-state index in [1.807, 2.05) is 11.6 Å². The maximum atomic E-state index is 5.66. The second-order valence-electron chi connectivity index (χ2n) is 4.47. The minimum absolute atomic E-state index is 0.0775. The molecule has 1 fully saturated rings. The third-order valence-electron chi connectivity index (χ3n) is 3.20. The Bertz CT molecular complexity index is 353. The summed E-state index contributed by atoms with van der Waals surface area (Å²) in [5, 5.41) is 12.9. The quantitative estimate of drug-likeness (QED) is 0.752. The summed E-state index contributed by atoms with van der Waals surface area (Å²) in [6.45, 7) is 3.21. The van der Waals surface area contributed by atoms with Crippen LogP contribution in [0.2, 0.25) is 0 Å². The van der Waals surface area contributed by atoms with E-state index < -0.39 is 0 Å². The molecule has 6 nitrogen and oxygen atoms in total. The van der Waals surface area contributed by atoms with Gasteiger partial charge in [0.15, 0.2) is 0 Å². The van der Waals surface area contributed by atoms with E-state index in [0.29, 0.717) is 19.2 Å². The second kappa shape index (κ2) is 7.06. The molecule has 1 unspecified atom stereocenters. The monoisotopic (exact) mass is 271 g/mol. The van der Waals surface area contributed by atoms with Gasteiger partial charge in [0.1, 0.15) is 0 Å². The van der Waals surface area contributed by atoms with E-state index in [9.17, 15) is 0 Å². The molecular formula is C11H21N5OS. The number of tetrazole rings is 1. The molecule has 0 aromatic carbocycles. The number of hydrogen-bond acceptors (Lipinski definition) is 6. The summed E-state index contributed by atoms with van der Waals surface area (Å²) >= 11 is 1.64. The second-order valence-corrected chi connectivity index (χ2v) is 5.46. The SMILES string of the molecule is CCOC(CN)CSc1nnnn1C1CCCC1. The number of aromatic nitrogens is 4. The van der Waals surface area contributed by atoms with Crippen molar-refractivity contribution in [2.24, 2.45) is 5.73 Å². The lowest BCUT2D eigenvalue weighted by molar-refractivity contribution is 0.0858. The van der Waals surface area contributed by atoms with Gasteiger partial charge >= 0.3 is 0 Å². The fraction of sp³-hybridized carbons (Fsp3) is 0.909. The molecule has 1 atom stereocenters. The van der Waals surface area contributed by atoms with Crippen molar-refractivity contribution in [3.8, 4) is 0 Å². The number of nitrogens with two attached hydrogens (primary N) is 1. The minimum Gasteiger partial charge on any atom is -0.376 e. The number of nitrogens with zero attached hydrogens (tertiary/aromatic N) is 4. The zero-order valence-corrected chi connectivity index (χ0v) is 11.6. The van der Waals surface area contributed by atoms with Gasteiger partial charge in [-0.25, -0.2) is 4.68 Å². The van der Waals surface area contributed by atoms with E-state index >= 15 is 0 Å². The lowest BCUT2D eigenvalue weighted by Crippen LogP contribution is -2.26. The Morgan fingerprint density at radius 3 is 2.94 bits per heavy atom. The number of ether oxygens (including phenoxy) is 1. The normalized spacial score (nSPS) is 18.3. The van der Waals surface area contributed by atoms with Crippen molar-refractivity contribution in [1.82, 2.24) is 20.2 Å². The summed E-state index contributed by atoms with van der Waals surface area (Å²) in [4.78, 5) is 0. The number of hydrogen-bond donors (Lipinski definition) is 1. The van der Waals surface area contributed by atoms with Crippen LogP contribution in [0.3, 0.4) is 0 Å². The van der Waals surface area contributed by atoms with E-state index in [2.05, 4.69) is 15.5 Å². The van der Waals surface area contributed by atoms with E-state index in [4.69, 9.17) is 10.5 Å². The Hall–Kier alpha value is -0.660. The summed E-state index contributed by atoms with van der Waals surface area (Å²) in [5.41, 5.74) is 5.66. The predicted molar refractivity (Wildman–Crippen MR) is 70.5 cm³/mol. The lowest BCUT2D eigenvalue weighted by Gasteiger charge is -2.15. The molecule has 2 N–H and O–H groups in total. The zero-order chi connectivity index (χ0) is 12.8. The molecule has 0 saturated heterocycles. The first-order chi connectivity index (χ1) is 8.85. The van der Waals surface area contributed by atoms with Crippen LogP contribution in [0.4, 0.5) is 0 Å². The largest absolute Gasteiger partial charge is 0.376 e. The Morgan fingerprint density at radius 1 is 1.50 bits per heavy atom. The van der Waals surface area contributed by atoms with Crippen LogP contribution in [0.1, 0.15) is 38.6 Å². The van der Waals surface area contributed by atoms with Crippen LogP contribution >= 0.6 is 11.8 Å². The Labute approximate surface area is 112 Å². The van der Waals surface area contributed by atoms with E-state index in [0.717, 1.165) is 10.9 Å². The standard InChI is InChI=1S/C11H21N5OS/c1-2-17-10(7-12)8-18-11-13-14-15-16(11)9-5-3-4-6-9/h9-10H,2-8,12H2,1H3. The summed E-state index contributed by atoms with van der Waals surface area (Å²) in [5.74, 6) is 0.803. The number of rotatable bonds is 7. The van der Waals surface area contributed by atoms with E-state index in [1.54, 1.807) is 11.8 Å². The van der Waals surface area contributed by atoms with Crippen LogP contribution in [-0.2, 0) is 4.74 Å². The van der Waals surface area contributed by atoms with Gasteiger partial charge in [-0.15, -0.1) is 5.10 Å². The average Bonchev–Trinajstić information content (AvgIpc) is 3.04. The lowest BCUT2D eigenvalue weighted by atomic mass is 10.3. The molecule has 0 bridgehead atoms. The highest BCUT2D eigenvalue weighted by Crippen LogP contribution is 2.31. The minimum atomic E-state index is 0.0775. The third-order valence-corrected chi connectivity index (χ3v) is 4.26. The van der Waals surface area contributed by atoms with Crippen LogP contribution in [0.5, 0.6) is 0 Å². The van der Waals surface area contributed by atoms with Crippen LogP contribution in [-0.4, -0.2) is 45.2 Å². The van der Waals surface area contributed by atoms with Crippen LogP contribution in [0.15, 0.2) is 5.16 Å². The Balaban J connectivity index is 1.90. The molecule has 1 aliphatic rings. The van der Waals surface area contributed by atoms with Gasteiger partial charge in [0, 0.05) is 18.9 Å². The van der Waals surface area contributed by atoms with Crippen molar-refractivity contribution in [1.29, 1.82) is 0 Å². The molecule has 1 aromatic rings. The molecule has 1 aromatic heterocycles. The van der Waals surface area contributed by atoms with Gasteiger partial charge in [0.25, 0.3) is 0 Å². The van der Waals surface area contributed by atoms with Gasteiger partial charge < -0.3 is 10.5 Å². The van der Waals surface area contributed by atoms with Gasteiger partial charge in [-0.2, -0.15) is 0 Å². The fourth-order valence-corrected chi connectivity index (χ4v) is 3.23. The maximum Gasteiger partial charge on any atom is 0.209 e. The molecule has 102 valence electrons. The molecule has 1 saturated carbocycles. The van der Waals surface area contributed by atoms with Gasteiger partial charge in [0.2, 0.25) is 5.16 Å². The topological polar surface area (TPSA) is 78.8 Å². The van der Waals surface area contributed by atoms with Crippen molar-refractivity contribution in [2.45, 2.75) is 49.9 Å². The first-order valence-electron chi connectivity index (χ1n) is 6.57. The highest BCUT2D eigenvalue weighted by atomic mass is 32.2. The average molecular weight is 271 g/mol. The van der Waals surface area contributed by atoms with Crippen LogP contribution in [0.25, 0.3) is 0 Å². The Kier molecular flexibility index (Phi) is 5.40. The predicted octanol–water partition coefficient (Wildman–Crippen LogP) is 1.24. The molecular weight excluding hydrogens is 250 g/mol. The van der Waals surface area contributed by atoms with Gasteiger partial charge in [-0.05, 0) is 30.2 Å². The molecule has 0 aliphatic heterocycles. The van der Waals surface area contributed by atoms with Crippen molar-refractivity contribution in [3.05, 3.63) is 0 Å². The van der Waals surface area contributed by atoms with E-state index in [1.165, 1.54) is 25.7 Å². The van der Waals surface area contributed by atoms with E-state index in [-0.39, 0.29) is 6.10 Å². The first kappa shape index (κ1) is 13.8. The van der Waals surface area contributed by atoms with Crippen molar-refractivity contribution < 1.29 is 4.74 Å². The smallest absolute Gasteiger partial charge is 0.209 e. The van der Waals surface area contributed by atoms with Crippen LogP contribution in [0, 0.1) is 0 Å². The number of thioether (sulfide) groups is 1. The highest BCUT2D eigenvalue weighted by Gasteiger charge is 2.22. The zero-order valence-electron chi connectivity index (χ0n) is 10.8. The fourth-order valence-electron chi connectivity index (χ4n) is 2.25. The van der Waals surface area contributed by atoms with Gasteiger partial charge in [0.05, 0.1) is 12.1 Å². The summed E-state index contributed by atoms with van der Waals surface area (Å²) in [6.07, 6.45) is 5.00. The van der Waals surface area contributed by atoms with Gasteiger partial charge in [-0.3, -0.25) is 0 Å². The maximum absolute atomic E-state index is 5.66. The summed E-state index contributed by atoms with van der Waals surface area (Å²) < 4.78 is 7.50. The van der Waals surface area contributed by atoms with Crippen molar-refractivity contribution >= 4 is 11.8 Å². The molecule has 1 heterocycles. The first-order valence-corrected chi connectivity index (χ1v) is 7.56. The van der Waals surface area contributed by atoms with Crippen molar-refractivity contribution in [3.63, 3.8) is 0 Å². The van der Waals surface area contributed by atoms with Crippen LogP contribution < -0.4 is 5.73 Å². The molecule has 0 amide bonds. The summed E-state index contributed by atoms with van der Waals surface area (Å²) in [6, 6.07) is 0.478. The molecule has 0 radical (unpaired) electrons. The molecule has 1 aliphatic carbocycles. The molecule has 2 rings (SSSR count). The van der Waals surface area contributed by atoms with Crippen molar-refractivity contribution in [2.75, 3.05) is 18.9 Å². The Morgan fingerprint density at radius 2 is 2.28 bits per heavy atom. The van der Waals surface area contributed by atoms with Gasteiger partial charge in [-0.1, -0.05) is 24.6 Å². The molecule has 7 heteroatoms. The molecule has 18 heavy (non-hydrogen) atoms. The third kappa shape index (κ3) is 3.43.